The van der Waals surface area contributed by atoms with E-state index >= 15 is 0 Å². The Morgan fingerprint density at radius 2 is 1.18 bits per heavy atom. The maximum atomic E-state index is 12.5. The van der Waals surface area contributed by atoms with Gasteiger partial charge >= 0.3 is 23.3 Å². The summed E-state index contributed by atoms with van der Waals surface area (Å²) in [7, 11) is 0. The van der Waals surface area contributed by atoms with Crippen molar-refractivity contribution in [2.24, 2.45) is 0 Å². The number of thioether (sulfide) groups is 1. The van der Waals surface area contributed by atoms with Gasteiger partial charge < -0.3 is 5.11 Å². The molecule has 0 aromatic carbocycles. The van der Waals surface area contributed by atoms with Crippen molar-refractivity contribution in [2.75, 3.05) is 12.4 Å². The Morgan fingerprint density at radius 3 is 1.47 bits per heavy atom. The Balaban J connectivity index is 5.24. The number of rotatable bonds is 5. The highest BCUT2D eigenvalue weighted by atomic mass is 32.2. The van der Waals surface area contributed by atoms with Crippen molar-refractivity contribution in [1.82, 2.24) is 0 Å². The third-order valence-electron chi connectivity index (χ3n) is 1.49. The van der Waals surface area contributed by atoms with Crippen LogP contribution in [0.15, 0.2) is 0 Å². The molecule has 1 N–H and O–H groups in total. The summed E-state index contributed by atoms with van der Waals surface area (Å²) < 4.78 is 109. The maximum Gasteiger partial charge on any atom is 0.460 e. The molecule has 0 saturated heterocycles. The first kappa shape index (κ1) is 16.7. The first-order valence-electron chi connectivity index (χ1n) is 3.76. The lowest BCUT2D eigenvalue weighted by Crippen LogP contribution is -2.59. The molecule has 0 rings (SSSR count). The van der Waals surface area contributed by atoms with E-state index in [1.807, 2.05) is 0 Å². The minimum absolute atomic E-state index is 1.08. The van der Waals surface area contributed by atoms with E-state index in [0.717, 1.165) is 0 Å². The van der Waals surface area contributed by atoms with Gasteiger partial charge in [0.05, 0.1) is 6.61 Å². The molecule has 0 aliphatic carbocycles. The molecular weight excluding hydrogens is 291 g/mol. The molecule has 0 aromatic rings. The van der Waals surface area contributed by atoms with Gasteiger partial charge in [-0.05, 0) is 0 Å². The number of hydrogen-bond acceptors (Lipinski definition) is 2. The first-order chi connectivity index (χ1) is 7.31. The molecule has 0 bridgehead atoms. The maximum absolute atomic E-state index is 12.5. The number of halogens is 9. The van der Waals surface area contributed by atoms with Crippen molar-refractivity contribution in [3.05, 3.63) is 0 Å². The molecule has 11 heteroatoms. The van der Waals surface area contributed by atoms with Crippen LogP contribution >= 0.6 is 11.8 Å². The Hall–Kier alpha value is -0.320. The van der Waals surface area contributed by atoms with Crippen LogP contribution in [0.4, 0.5) is 39.5 Å². The van der Waals surface area contributed by atoms with Gasteiger partial charge in [-0.25, -0.2) is 0 Å². The molecule has 1 nitrogen and oxygen atoms in total. The van der Waals surface area contributed by atoms with Gasteiger partial charge in [-0.1, -0.05) is 11.8 Å². The molecule has 0 atom stereocenters. The van der Waals surface area contributed by atoms with Gasteiger partial charge in [-0.15, -0.1) is 0 Å². The average Bonchev–Trinajstić information content (AvgIpc) is 2.12. The van der Waals surface area contributed by atoms with Crippen LogP contribution in [-0.2, 0) is 0 Å². The third-order valence-corrected chi connectivity index (χ3v) is 2.50. The Kier molecular flexibility index (Phi) is 4.66. The molecule has 104 valence electrons. The molecule has 0 amide bonds. The number of aliphatic hydroxyl groups is 1. The molecule has 0 aromatic heterocycles. The number of hydrogen-bond donors (Lipinski definition) is 1. The van der Waals surface area contributed by atoms with Crippen molar-refractivity contribution >= 4 is 11.8 Å². The highest BCUT2D eigenvalue weighted by Gasteiger charge is 2.81. The SMILES string of the molecule is OCCSC(F)(F)C(F)(F)C(F)(F)C(F)(F)F. The third kappa shape index (κ3) is 2.92. The Morgan fingerprint density at radius 1 is 0.765 bits per heavy atom. The van der Waals surface area contributed by atoms with E-state index in [9.17, 15) is 39.5 Å². The summed E-state index contributed by atoms with van der Waals surface area (Å²) in [4.78, 5) is 0. The fourth-order valence-electron chi connectivity index (χ4n) is 0.625. The van der Waals surface area contributed by atoms with Crippen molar-refractivity contribution in [1.29, 1.82) is 0 Å². The Labute approximate surface area is 93.0 Å². The summed E-state index contributed by atoms with van der Waals surface area (Å²) in [5.41, 5.74) is 0. The largest absolute Gasteiger partial charge is 0.460 e. The van der Waals surface area contributed by atoms with Crippen molar-refractivity contribution in [2.45, 2.75) is 23.3 Å². The van der Waals surface area contributed by atoms with Crippen LogP contribution < -0.4 is 0 Å². The minimum atomic E-state index is -6.87. The standard InChI is InChI=1S/C6H5F9OS/c7-3(8,5(11,12)13)4(9,10)6(14,15)17-2-1-16/h16H,1-2H2. The number of alkyl halides is 9. The molecule has 0 spiro atoms. The lowest BCUT2D eigenvalue weighted by Gasteiger charge is -2.32. The predicted molar refractivity (Wildman–Crippen MR) is 40.4 cm³/mol. The van der Waals surface area contributed by atoms with E-state index in [2.05, 4.69) is 0 Å². The normalized spacial score (nSPS) is 15.2. The van der Waals surface area contributed by atoms with Gasteiger partial charge in [0, 0.05) is 5.75 Å². The predicted octanol–water partition coefficient (Wildman–Crippen LogP) is 3.14. The van der Waals surface area contributed by atoms with Gasteiger partial charge in [0.2, 0.25) is 0 Å². The van der Waals surface area contributed by atoms with Crippen LogP contribution in [0.25, 0.3) is 0 Å². The van der Waals surface area contributed by atoms with Crippen LogP contribution in [0.3, 0.4) is 0 Å². The van der Waals surface area contributed by atoms with Gasteiger partial charge in [0.25, 0.3) is 0 Å². The number of aliphatic hydroxyl groups excluding tert-OH is 1. The monoisotopic (exact) mass is 296 g/mol. The van der Waals surface area contributed by atoms with Crippen LogP contribution in [0.2, 0.25) is 0 Å². The molecular formula is C6H5F9OS. The molecule has 0 unspecified atom stereocenters. The second-order valence-corrected chi connectivity index (χ2v) is 3.95. The lowest BCUT2D eigenvalue weighted by atomic mass is 10.1. The second kappa shape index (κ2) is 4.75. The summed E-state index contributed by atoms with van der Waals surface area (Å²) in [6.07, 6.45) is -6.81. The summed E-state index contributed by atoms with van der Waals surface area (Å²) in [6.45, 7) is -1.08. The first-order valence-corrected chi connectivity index (χ1v) is 4.75. The highest BCUT2D eigenvalue weighted by Crippen LogP contribution is 2.56. The summed E-state index contributed by atoms with van der Waals surface area (Å²) in [5, 5.41) is 2.39. The van der Waals surface area contributed by atoms with Crippen molar-refractivity contribution < 1.29 is 44.6 Å². The van der Waals surface area contributed by atoms with Gasteiger partial charge in [0.15, 0.2) is 0 Å². The molecule has 0 aliphatic heterocycles. The molecule has 0 fully saturated rings. The zero-order valence-corrected chi connectivity index (χ0v) is 8.49. The van der Waals surface area contributed by atoms with E-state index in [0.29, 0.717) is 0 Å². The molecule has 17 heavy (non-hydrogen) atoms. The van der Waals surface area contributed by atoms with E-state index in [4.69, 9.17) is 5.11 Å². The van der Waals surface area contributed by atoms with E-state index in [1.54, 1.807) is 0 Å². The van der Waals surface area contributed by atoms with Gasteiger partial charge in [-0.2, -0.15) is 39.5 Å². The molecule has 0 radical (unpaired) electrons. The topological polar surface area (TPSA) is 20.2 Å². The average molecular weight is 296 g/mol. The van der Waals surface area contributed by atoms with Crippen LogP contribution in [-0.4, -0.2) is 40.7 Å². The molecule has 0 aliphatic rings. The zero-order chi connectivity index (χ0) is 14.1. The molecule has 0 heterocycles. The fraction of sp³-hybridized carbons (Fsp3) is 1.00. The van der Waals surface area contributed by atoms with Crippen LogP contribution in [0.1, 0.15) is 0 Å². The molecule has 0 saturated carbocycles. The zero-order valence-electron chi connectivity index (χ0n) is 7.67. The smallest absolute Gasteiger partial charge is 0.396 e. The van der Waals surface area contributed by atoms with Crippen LogP contribution in [0, 0.1) is 0 Å². The van der Waals surface area contributed by atoms with Gasteiger partial charge in [-0.3, -0.25) is 0 Å². The second-order valence-electron chi connectivity index (χ2n) is 2.74. The fourth-order valence-corrected chi connectivity index (χ4v) is 1.28. The van der Waals surface area contributed by atoms with E-state index in [-0.39, 0.29) is 0 Å². The minimum Gasteiger partial charge on any atom is -0.396 e. The van der Waals surface area contributed by atoms with Gasteiger partial charge in [0.1, 0.15) is 0 Å². The summed E-state index contributed by atoms with van der Waals surface area (Å²) >= 11 is -1.18. The summed E-state index contributed by atoms with van der Waals surface area (Å²) in [5.74, 6) is -14.6. The lowest BCUT2D eigenvalue weighted by molar-refractivity contribution is -0.381. The highest BCUT2D eigenvalue weighted by molar-refractivity contribution is 8.00. The van der Waals surface area contributed by atoms with Crippen molar-refractivity contribution in [3.8, 4) is 0 Å². The van der Waals surface area contributed by atoms with Crippen LogP contribution in [0.5, 0.6) is 0 Å². The van der Waals surface area contributed by atoms with Crippen molar-refractivity contribution in [3.63, 3.8) is 0 Å². The quantitative estimate of drug-likeness (QED) is 0.787. The summed E-state index contributed by atoms with van der Waals surface area (Å²) in [6, 6.07) is 0. The van der Waals surface area contributed by atoms with E-state index < -0.39 is 47.4 Å². The van der Waals surface area contributed by atoms with E-state index in [1.165, 1.54) is 0 Å². The Bertz CT molecular complexity index is 261.